The molecule has 0 aromatic rings. The van der Waals surface area contributed by atoms with Gasteiger partial charge in [0.05, 0.1) is 5.92 Å². The summed E-state index contributed by atoms with van der Waals surface area (Å²) in [6, 6.07) is 0.591. The molecular formula is C15H27NO2. The number of hydrogen-bond donors (Lipinski definition) is 2. The number of hydrogen-bond acceptors (Lipinski definition) is 2. The Balaban J connectivity index is 1.84. The van der Waals surface area contributed by atoms with Gasteiger partial charge in [-0.15, -0.1) is 0 Å². The van der Waals surface area contributed by atoms with Crippen LogP contribution in [0.15, 0.2) is 0 Å². The van der Waals surface area contributed by atoms with E-state index in [-0.39, 0.29) is 5.92 Å². The highest BCUT2D eigenvalue weighted by Gasteiger charge is 2.34. The summed E-state index contributed by atoms with van der Waals surface area (Å²) in [6.07, 6.45) is 7.02. The minimum atomic E-state index is -0.593. The standard InChI is InChI=1S/C15H27NO2/c1-10-5-3-6-11(2)14(10)16-9-12-7-4-8-13(12)15(17)18/h10-14,16H,3-9H2,1-2H3,(H,17,18). The molecule has 4 unspecified atom stereocenters. The van der Waals surface area contributed by atoms with Crippen LogP contribution in [0.5, 0.6) is 0 Å². The molecule has 2 fully saturated rings. The van der Waals surface area contributed by atoms with Crippen molar-refractivity contribution in [2.75, 3.05) is 6.54 Å². The van der Waals surface area contributed by atoms with Gasteiger partial charge >= 0.3 is 5.97 Å². The molecule has 0 spiro atoms. The molecule has 18 heavy (non-hydrogen) atoms. The predicted molar refractivity (Wildman–Crippen MR) is 72.4 cm³/mol. The van der Waals surface area contributed by atoms with Crippen LogP contribution in [0.1, 0.15) is 52.4 Å². The van der Waals surface area contributed by atoms with Crippen LogP contribution in [0.4, 0.5) is 0 Å². The minimum absolute atomic E-state index is 0.105. The van der Waals surface area contributed by atoms with E-state index in [4.69, 9.17) is 0 Å². The van der Waals surface area contributed by atoms with Crippen molar-refractivity contribution in [1.29, 1.82) is 0 Å². The van der Waals surface area contributed by atoms with Gasteiger partial charge in [-0.2, -0.15) is 0 Å². The number of carboxylic acids is 1. The monoisotopic (exact) mass is 253 g/mol. The molecule has 2 N–H and O–H groups in total. The van der Waals surface area contributed by atoms with E-state index in [9.17, 15) is 9.90 Å². The van der Waals surface area contributed by atoms with Gasteiger partial charge in [0, 0.05) is 6.04 Å². The van der Waals surface area contributed by atoms with Crippen molar-refractivity contribution in [3.05, 3.63) is 0 Å². The molecule has 4 atom stereocenters. The molecule has 2 saturated carbocycles. The van der Waals surface area contributed by atoms with Crippen LogP contribution >= 0.6 is 0 Å². The van der Waals surface area contributed by atoms with E-state index < -0.39 is 5.97 Å². The lowest BCUT2D eigenvalue weighted by Gasteiger charge is -2.36. The average molecular weight is 253 g/mol. The first kappa shape index (κ1) is 13.9. The first-order chi connectivity index (χ1) is 8.59. The van der Waals surface area contributed by atoms with Crippen molar-refractivity contribution in [3.63, 3.8) is 0 Å². The van der Waals surface area contributed by atoms with E-state index in [1.165, 1.54) is 19.3 Å². The lowest BCUT2D eigenvalue weighted by Crippen LogP contribution is -2.45. The number of carbonyl (C=O) groups is 1. The zero-order chi connectivity index (χ0) is 13.1. The molecule has 0 heterocycles. The Morgan fingerprint density at radius 2 is 1.72 bits per heavy atom. The fraction of sp³-hybridized carbons (Fsp3) is 0.933. The third-order valence-corrected chi connectivity index (χ3v) is 5.14. The molecule has 0 aromatic carbocycles. The van der Waals surface area contributed by atoms with Crippen LogP contribution in [0.25, 0.3) is 0 Å². The van der Waals surface area contributed by atoms with E-state index in [1.807, 2.05) is 0 Å². The van der Waals surface area contributed by atoms with E-state index in [1.54, 1.807) is 0 Å². The molecule has 0 saturated heterocycles. The Morgan fingerprint density at radius 1 is 1.11 bits per heavy atom. The Kier molecular flexibility index (Phi) is 4.66. The maximum absolute atomic E-state index is 11.2. The highest BCUT2D eigenvalue weighted by molar-refractivity contribution is 5.70. The van der Waals surface area contributed by atoms with Gasteiger partial charge in [0.2, 0.25) is 0 Å². The van der Waals surface area contributed by atoms with Gasteiger partial charge in [0.1, 0.15) is 0 Å². The summed E-state index contributed by atoms with van der Waals surface area (Å²) in [7, 11) is 0. The van der Waals surface area contributed by atoms with Gasteiger partial charge in [-0.1, -0.05) is 26.7 Å². The van der Waals surface area contributed by atoms with Crippen LogP contribution in [0.3, 0.4) is 0 Å². The Labute approximate surface area is 110 Å². The smallest absolute Gasteiger partial charge is 0.306 e. The van der Waals surface area contributed by atoms with Gasteiger partial charge in [0.25, 0.3) is 0 Å². The van der Waals surface area contributed by atoms with Crippen LogP contribution in [0.2, 0.25) is 0 Å². The third-order valence-electron chi connectivity index (χ3n) is 5.14. The number of aliphatic carboxylic acids is 1. The van der Waals surface area contributed by atoms with Crippen molar-refractivity contribution in [2.45, 2.75) is 58.4 Å². The summed E-state index contributed by atoms with van der Waals surface area (Å²) in [4.78, 5) is 11.2. The average Bonchev–Trinajstić information content (AvgIpc) is 2.76. The number of rotatable bonds is 4. The molecule has 3 heteroatoms. The number of carboxylic acid groups (broad SMARTS) is 1. The lowest BCUT2D eigenvalue weighted by molar-refractivity contribution is -0.142. The third kappa shape index (κ3) is 3.05. The summed E-state index contributed by atoms with van der Waals surface area (Å²) >= 11 is 0. The van der Waals surface area contributed by atoms with Crippen LogP contribution in [0, 0.1) is 23.7 Å². The van der Waals surface area contributed by atoms with E-state index >= 15 is 0 Å². The Morgan fingerprint density at radius 3 is 2.33 bits per heavy atom. The Hall–Kier alpha value is -0.570. The highest BCUT2D eigenvalue weighted by Crippen LogP contribution is 2.33. The minimum Gasteiger partial charge on any atom is -0.481 e. The maximum Gasteiger partial charge on any atom is 0.306 e. The largest absolute Gasteiger partial charge is 0.481 e. The second-order valence-corrected chi connectivity index (χ2v) is 6.46. The van der Waals surface area contributed by atoms with Gasteiger partial charge in [-0.3, -0.25) is 4.79 Å². The molecule has 0 amide bonds. The van der Waals surface area contributed by atoms with Crippen molar-refractivity contribution in [3.8, 4) is 0 Å². The molecule has 2 aliphatic carbocycles. The molecule has 0 bridgehead atoms. The molecular weight excluding hydrogens is 226 g/mol. The fourth-order valence-electron chi connectivity index (χ4n) is 3.98. The maximum atomic E-state index is 11.2. The van der Waals surface area contributed by atoms with Gasteiger partial charge < -0.3 is 10.4 Å². The second kappa shape index (κ2) is 6.05. The quantitative estimate of drug-likeness (QED) is 0.810. The van der Waals surface area contributed by atoms with Gasteiger partial charge in [-0.05, 0) is 50.0 Å². The predicted octanol–water partition coefficient (Wildman–Crippen LogP) is 2.90. The van der Waals surface area contributed by atoms with Crippen LogP contribution in [-0.2, 0) is 4.79 Å². The zero-order valence-corrected chi connectivity index (χ0v) is 11.7. The van der Waals surface area contributed by atoms with Gasteiger partial charge in [-0.25, -0.2) is 0 Å². The van der Waals surface area contributed by atoms with Crippen molar-refractivity contribution < 1.29 is 9.90 Å². The molecule has 2 rings (SSSR count). The first-order valence-electron chi connectivity index (χ1n) is 7.55. The second-order valence-electron chi connectivity index (χ2n) is 6.46. The summed E-state index contributed by atoms with van der Waals surface area (Å²) in [5.74, 6) is 1.12. The fourth-order valence-corrected chi connectivity index (χ4v) is 3.98. The molecule has 3 nitrogen and oxygen atoms in total. The molecule has 0 aliphatic heterocycles. The summed E-state index contributed by atoms with van der Waals surface area (Å²) < 4.78 is 0. The zero-order valence-electron chi connectivity index (χ0n) is 11.7. The normalized spacial score (nSPS) is 40.9. The Bertz CT molecular complexity index is 282. The molecule has 0 aromatic heterocycles. The SMILES string of the molecule is CC1CCCC(C)C1NCC1CCCC1C(=O)O. The van der Waals surface area contributed by atoms with Crippen LogP contribution < -0.4 is 5.32 Å². The summed E-state index contributed by atoms with van der Waals surface area (Å²) in [5, 5.41) is 12.9. The van der Waals surface area contributed by atoms with Gasteiger partial charge in [0.15, 0.2) is 0 Å². The van der Waals surface area contributed by atoms with Crippen molar-refractivity contribution in [1.82, 2.24) is 5.32 Å². The summed E-state index contributed by atoms with van der Waals surface area (Å²) in [5.41, 5.74) is 0. The van der Waals surface area contributed by atoms with E-state index in [0.717, 1.165) is 37.6 Å². The van der Waals surface area contributed by atoms with Crippen molar-refractivity contribution >= 4 is 5.97 Å². The highest BCUT2D eigenvalue weighted by atomic mass is 16.4. The molecule has 104 valence electrons. The van der Waals surface area contributed by atoms with Crippen LogP contribution in [-0.4, -0.2) is 23.7 Å². The topological polar surface area (TPSA) is 49.3 Å². The summed E-state index contributed by atoms with van der Waals surface area (Å²) in [6.45, 7) is 5.56. The lowest BCUT2D eigenvalue weighted by atomic mass is 9.78. The molecule has 0 radical (unpaired) electrons. The van der Waals surface area contributed by atoms with E-state index in [0.29, 0.717) is 12.0 Å². The number of nitrogens with one attached hydrogen (secondary N) is 1. The first-order valence-corrected chi connectivity index (χ1v) is 7.55. The van der Waals surface area contributed by atoms with Crippen molar-refractivity contribution in [2.24, 2.45) is 23.7 Å². The van der Waals surface area contributed by atoms with E-state index in [2.05, 4.69) is 19.2 Å². The molecule has 2 aliphatic rings.